The molecule has 0 radical (unpaired) electrons. The molecule has 0 spiro atoms. The highest BCUT2D eigenvalue weighted by molar-refractivity contribution is 7.89. The van der Waals surface area contributed by atoms with Gasteiger partial charge in [-0.1, -0.05) is 26.2 Å². The van der Waals surface area contributed by atoms with E-state index < -0.39 is 15.9 Å². The van der Waals surface area contributed by atoms with E-state index >= 15 is 0 Å². The van der Waals surface area contributed by atoms with E-state index in [2.05, 4.69) is 22.5 Å². The number of sulfonamides is 1. The minimum atomic E-state index is -3.96. The van der Waals surface area contributed by atoms with Gasteiger partial charge in [0.1, 0.15) is 5.75 Å². The van der Waals surface area contributed by atoms with Crippen LogP contribution in [-0.2, 0) is 14.8 Å². The van der Waals surface area contributed by atoms with Crippen molar-refractivity contribution in [3.05, 3.63) is 54.1 Å². The molecule has 0 unspecified atom stereocenters. The highest BCUT2D eigenvalue weighted by Crippen LogP contribution is 2.15. The number of carbonyl (C=O) groups is 2. The minimum Gasteiger partial charge on any atom is -0.494 e. The number of ether oxygens (including phenoxy) is 1. The van der Waals surface area contributed by atoms with Crippen molar-refractivity contribution in [2.75, 3.05) is 11.9 Å². The van der Waals surface area contributed by atoms with Gasteiger partial charge in [0, 0.05) is 18.2 Å². The summed E-state index contributed by atoms with van der Waals surface area (Å²) in [5.74, 6) is -0.199. The van der Waals surface area contributed by atoms with Crippen LogP contribution in [0.4, 0.5) is 5.69 Å². The largest absolute Gasteiger partial charge is 0.494 e. The van der Waals surface area contributed by atoms with E-state index in [1.807, 2.05) is 0 Å². The van der Waals surface area contributed by atoms with Gasteiger partial charge in [0.15, 0.2) is 0 Å². The molecule has 9 heteroatoms. The monoisotopic (exact) mass is 433 g/mol. The standard InChI is InChI=1S/C21H27N3O5S/c1-3-4-5-6-15-29-19-11-7-17(8-12-19)21(26)23-24-30(27,28)20-13-9-18(10-14-20)22-16(2)25/h7-14,24H,3-6,15H2,1-2H3,(H,22,25)(H,23,26). The van der Waals surface area contributed by atoms with Crippen LogP contribution in [0.1, 0.15) is 49.9 Å². The lowest BCUT2D eigenvalue weighted by Gasteiger charge is -2.10. The molecule has 0 saturated heterocycles. The number of unbranched alkanes of at least 4 members (excludes halogenated alkanes) is 3. The van der Waals surface area contributed by atoms with Crippen LogP contribution in [0.15, 0.2) is 53.4 Å². The van der Waals surface area contributed by atoms with Crippen molar-refractivity contribution in [1.29, 1.82) is 0 Å². The van der Waals surface area contributed by atoms with Gasteiger partial charge in [0.25, 0.3) is 15.9 Å². The summed E-state index contributed by atoms with van der Waals surface area (Å²) in [4.78, 5) is 25.2. The van der Waals surface area contributed by atoms with E-state index in [0.29, 0.717) is 18.0 Å². The summed E-state index contributed by atoms with van der Waals surface area (Å²) >= 11 is 0. The summed E-state index contributed by atoms with van der Waals surface area (Å²) in [6.07, 6.45) is 4.44. The van der Waals surface area contributed by atoms with E-state index in [1.54, 1.807) is 24.3 Å². The van der Waals surface area contributed by atoms with Crippen LogP contribution >= 0.6 is 0 Å². The third-order valence-corrected chi connectivity index (χ3v) is 5.43. The molecule has 0 aromatic heterocycles. The zero-order valence-electron chi connectivity index (χ0n) is 17.1. The van der Waals surface area contributed by atoms with Crippen molar-refractivity contribution in [3.8, 4) is 5.75 Å². The van der Waals surface area contributed by atoms with Crippen LogP contribution in [0.25, 0.3) is 0 Å². The van der Waals surface area contributed by atoms with E-state index in [1.165, 1.54) is 37.6 Å². The Labute approximate surface area is 177 Å². The quantitative estimate of drug-likeness (QED) is 0.372. The molecular weight excluding hydrogens is 406 g/mol. The van der Waals surface area contributed by atoms with Gasteiger partial charge in [-0.15, -0.1) is 4.83 Å². The van der Waals surface area contributed by atoms with E-state index in [9.17, 15) is 18.0 Å². The molecule has 0 aliphatic carbocycles. The van der Waals surface area contributed by atoms with Gasteiger partial charge < -0.3 is 10.1 Å². The number of benzene rings is 2. The Morgan fingerprint density at radius 2 is 1.60 bits per heavy atom. The molecule has 0 heterocycles. The van der Waals surface area contributed by atoms with Crippen molar-refractivity contribution in [1.82, 2.24) is 10.3 Å². The van der Waals surface area contributed by atoms with Crippen LogP contribution < -0.4 is 20.3 Å². The second-order valence-corrected chi connectivity index (χ2v) is 8.38. The summed E-state index contributed by atoms with van der Waals surface area (Å²) in [5.41, 5.74) is 2.94. The fourth-order valence-corrected chi connectivity index (χ4v) is 3.43. The van der Waals surface area contributed by atoms with Gasteiger partial charge in [0.2, 0.25) is 5.91 Å². The van der Waals surface area contributed by atoms with Gasteiger partial charge in [-0.05, 0) is 55.0 Å². The Bertz CT molecular complexity index is 942. The van der Waals surface area contributed by atoms with E-state index in [-0.39, 0.29) is 16.4 Å². The zero-order valence-corrected chi connectivity index (χ0v) is 17.9. The van der Waals surface area contributed by atoms with Crippen LogP contribution in [-0.4, -0.2) is 26.8 Å². The predicted molar refractivity (Wildman–Crippen MR) is 115 cm³/mol. The Morgan fingerprint density at radius 1 is 0.933 bits per heavy atom. The molecule has 0 saturated carbocycles. The number of hydrazine groups is 1. The average molecular weight is 434 g/mol. The fraction of sp³-hybridized carbons (Fsp3) is 0.333. The lowest BCUT2D eigenvalue weighted by molar-refractivity contribution is -0.114. The summed E-state index contributed by atoms with van der Waals surface area (Å²) < 4.78 is 30.3. The van der Waals surface area contributed by atoms with Gasteiger partial charge in [-0.2, -0.15) is 0 Å². The summed E-state index contributed by atoms with van der Waals surface area (Å²) in [5, 5.41) is 2.55. The number of rotatable bonds is 11. The second kappa shape index (κ2) is 11.3. The number of carbonyl (C=O) groups excluding carboxylic acids is 2. The molecule has 162 valence electrons. The Hall–Kier alpha value is -2.91. The first-order valence-corrected chi connectivity index (χ1v) is 11.2. The minimum absolute atomic E-state index is 0.0521. The molecule has 3 N–H and O–H groups in total. The summed E-state index contributed by atoms with van der Waals surface area (Å²) in [6, 6.07) is 12.0. The first kappa shape index (κ1) is 23.4. The average Bonchev–Trinajstić information content (AvgIpc) is 2.72. The fourth-order valence-electron chi connectivity index (χ4n) is 2.59. The predicted octanol–water partition coefficient (Wildman–Crippen LogP) is 3.23. The highest BCUT2D eigenvalue weighted by Gasteiger charge is 2.16. The third kappa shape index (κ3) is 7.49. The topological polar surface area (TPSA) is 114 Å². The first-order chi connectivity index (χ1) is 14.3. The Kier molecular flexibility index (Phi) is 8.82. The number of amides is 2. The van der Waals surface area contributed by atoms with Gasteiger partial charge in [-0.25, -0.2) is 8.42 Å². The molecule has 0 atom stereocenters. The summed E-state index contributed by atoms with van der Waals surface area (Å²) in [6.45, 7) is 4.12. The SMILES string of the molecule is CCCCCCOc1ccc(C(=O)NNS(=O)(=O)c2ccc(NC(C)=O)cc2)cc1. The molecular formula is C21H27N3O5S. The van der Waals surface area contributed by atoms with E-state index in [0.717, 1.165) is 19.3 Å². The van der Waals surface area contributed by atoms with Crippen molar-refractivity contribution in [2.45, 2.75) is 44.4 Å². The van der Waals surface area contributed by atoms with Crippen molar-refractivity contribution < 1.29 is 22.7 Å². The number of nitrogens with one attached hydrogen (secondary N) is 3. The normalized spacial score (nSPS) is 11.0. The lowest BCUT2D eigenvalue weighted by atomic mass is 10.2. The smallest absolute Gasteiger partial charge is 0.266 e. The molecule has 2 aromatic carbocycles. The number of hydrogen-bond acceptors (Lipinski definition) is 5. The highest BCUT2D eigenvalue weighted by atomic mass is 32.2. The van der Waals surface area contributed by atoms with Crippen LogP contribution in [0, 0.1) is 0 Å². The Morgan fingerprint density at radius 3 is 2.20 bits per heavy atom. The zero-order chi connectivity index (χ0) is 22.0. The van der Waals surface area contributed by atoms with Gasteiger partial charge >= 0.3 is 0 Å². The molecule has 0 bridgehead atoms. The Balaban J connectivity index is 1.87. The second-order valence-electron chi connectivity index (χ2n) is 6.70. The molecule has 2 rings (SSSR count). The molecule has 2 aromatic rings. The maximum atomic E-state index is 12.3. The molecule has 30 heavy (non-hydrogen) atoms. The third-order valence-electron chi connectivity index (χ3n) is 4.17. The molecule has 8 nitrogen and oxygen atoms in total. The maximum Gasteiger partial charge on any atom is 0.266 e. The first-order valence-electron chi connectivity index (χ1n) is 9.74. The van der Waals surface area contributed by atoms with E-state index in [4.69, 9.17) is 4.74 Å². The molecule has 2 amide bonds. The lowest BCUT2D eigenvalue weighted by Crippen LogP contribution is -2.41. The molecule has 0 aliphatic heterocycles. The number of anilines is 1. The summed E-state index contributed by atoms with van der Waals surface area (Å²) in [7, 11) is -3.96. The van der Waals surface area contributed by atoms with Crippen LogP contribution in [0.5, 0.6) is 5.75 Å². The van der Waals surface area contributed by atoms with Crippen molar-refractivity contribution in [3.63, 3.8) is 0 Å². The van der Waals surface area contributed by atoms with Crippen LogP contribution in [0.3, 0.4) is 0 Å². The van der Waals surface area contributed by atoms with Crippen molar-refractivity contribution >= 4 is 27.5 Å². The molecule has 0 aliphatic rings. The van der Waals surface area contributed by atoms with Crippen molar-refractivity contribution in [2.24, 2.45) is 0 Å². The van der Waals surface area contributed by atoms with Gasteiger partial charge in [-0.3, -0.25) is 15.0 Å². The number of hydrogen-bond donors (Lipinski definition) is 3. The van der Waals surface area contributed by atoms with Crippen LogP contribution in [0.2, 0.25) is 0 Å². The van der Waals surface area contributed by atoms with Gasteiger partial charge in [0.05, 0.1) is 11.5 Å². The molecule has 0 fully saturated rings. The maximum absolute atomic E-state index is 12.3.